The number of likely N-dealkylation sites (tertiary alicyclic amines) is 1. The molecule has 1 aliphatic rings. The molecule has 2 N–H and O–H groups in total. The first-order chi connectivity index (χ1) is 13.6. The second kappa shape index (κ2) is 8.77. The van der Waals surface area contributed by atoms with Crippen molar-refractivity contribution in [3.05, 3.63) is 54.1 Å². The van der Waals surface area contributed by atoms with Gasteiger partial charge >= 0.3 is 6.03 Å². The van der Waals surface area contributed by atoms with Crippen molar-refractivity contribution in [2.24, 2.45) is 0 Å². The van der Waals surface area contributed by atoms with E-state index in [2.05, 4.69) is 11.4 Å². The number of methoxy groups -OCH3 is 1. The highest BCUT2D eigenvalue weighted by Gasteiger charge is 2.51. The number of hydrogen-bond donors (Lipinski definition) is 2. The van der Waals surface area contributed by atoms with Crippen LogP contribution in [0.15, 0.2) is 48.5 Å². The van der Waals surface area contributed by atoms with Crippen LogP contribution in [0, 0.1) is 11.3 Å². The minimum absolute atomic E-state index is 0.181. The van der Waals surface area contributed by atoms with Crippen molar-refractivity contribution in [1.29, 1.82) is 5.26 Å². The van der Waals surface area contributed by atoms with Crippen LogP contribution in [0.5, 0.6) is 5.75 Å². The van der Waals surface area contributed by atoms with E-state index in [1.807, 2.05) is 55.5 Å². The molecule has 0 bridgehead atoms. The van der Waals surface area contributed by atoms with Crippen molar-refractivity contribution < 1.29 is 14.6 Å². The molecule has 0 unspecified atom stereocenters. The lowest BCUT2D eigenvalue weighted by Gasteiger charge is -2.51. The number of amides is 2. The third kappa shape index (κ3) is 3.67. The maximum atomic E-state index is 12.3. The quantitative estimate of drug-likeness (QED) is 0.807. The van der Waals surface area contributed by atoms with E-state index in [-0.39, 0.29) is 18.6 Å². The number of aliphatic hydroxyl groups excluding tert-OH is 1. The summed E-state index contributed by atoms with van der Waals surface area (Å²) in [5.74, 6) is 0.584. The fraction of sp³-hybridized carbons (Fsp3) is 0.364. The Kier molecular flexibility index (Phi) is 6.17. The predicted molar refractivity (Wildman–Crippen MR) is 107 cm³/mol. The third-order valence-electron chi connectivity index (χ3n) is 5.19. The maximum Gasteiger partial charge on any atom is 0.318 e. The van der Waals surface area contributed by atoms with Gasteiger partial charge in [0.05, 0.1) is 25.8 Å². The van der Waals surface area contributed by atoms with E-state index in [9.17, 15) is 15.2 Å². The van der Waals surface area contributed by atoms with Crippen LogP contribution in [-0.2, 0) is 0 Å². The van der Waals surface area contributed by atoms with E-state index < -0.39 is 12.1 Å². The lowest BCUT2D eigenvalue weighted by Crippen LogP contribution is -2.67. The van der Waals surface area contributed by atoms with Crippen LogP contribution in [0.1, 0.15) is 24.8 Å². The molecule has 1 saturated heterocycles. The summed E-state index contributed by atoms with van der Waals surface area (Å²) in [4.78, 5) is 13.8. The van der Waals surface area contributed by atoms with Crippen molar-refractivity contribution in [2.75, 3.05) is 20.3 Å². The smallest absolute Gasteiger partial charge is 0.318 e. The summed E-state index contributed by atoms with van der Waals surface area (Å²) >= 11 is 0. The molecule has 6 heteroatoms. The number of nitrogens with zero attached hydrogens (tertiary/aromatic N) is 2. The number of ether oxygens (including phenoxy) is 1. The summed E-state index contributed by atoms with van der Waals surface area (Å²) in [5.41, 5.74) is 3.01. The van der Waals surface area contributed by atoms with Gasteiger partial charge in [0.15, 0.2) is 0 Å². The van der Waals surface area contributed by atoms with Crippen molar-refractivity contribution >= 4 is 6.03 Å². The minimum atomic E-state index is -0.586. The summed E-state index contributed by atoms with van der Waals surface area (Å²) in [6, 6.07) is 16.7. The predicted octanol–water partition coefficient (Wildman–Crippen LogP) is 3.13. The fourth-order valence-electron chi connectivity index (χ4n) is 3.71. The zero-order valence-electron chi connectivity index (χ0n) is 16.1. The highest BCUT2D eigenvalue weighted by Crippen LogP contribution is 2.41. The minimum Gasteiger partial charge on any atom is -0.497 e. The molecule has 28 heavy (non-hydrogen) atoms. The van der Waals surface area contributed by atoms with Crippen LogP contribution >= 0.6 is 0 Å². The standard InChI is InChI=1S/C22H25N3O3/c1-3-11-24-22(27)25-19(13-23)21(20(25)14-26)16-9-7-15(8-10-16)17-5-4-6-18(12-17)28-2/h4-10,12,19-21,26H,3,11,14H2,1-2H3,(H,24,27)/t19-,20+,21+/m1/s1. The van der Waals surface area contributed by atoms with E-state index >= 15 is 0 Å². The second-order valence-electron chi connectivity index (χ2n) is 6.84. The Morgan fingerprint density at radius 2 is 2.00 bits per heavy atom. The Bertz CT molecular complexity index is 860. The van der Waals surface area contributed by atoms with Crippen LogP contribution in [0.4, 0.5) is 4.79 Å². The van der Waals surface area contributed by atoms with Gasteiger partial charge in [0.2, 0.25) is 0 Å². The van der Waals surface area contributed by atoms with Gasteiger partial charge in [-0.2, -0.15) is 5.26 Å². The first kappa shape index (κ1) is 19.7. The molecule has 2 aromatic rings. The molecule has 1 fully saturated rings. The average molecular weight is 379 g/mol. The van der Waals surface area contributed by atoms with Gasteiger partial charge in [-0.05, 0) is 35.2 Å². The number of aliphatic hydroxyl groups is 1. The lowest BCUT2D eigenvalue weighted by atomic mass is 9.76. The number of urea groups is 1. The highest BCUT2D eigenvalue weighted by molar-refractivity contribution is 5.77. The number of rotatable bonds is 6. The molecule has 3 atom stereocenters. The topological polar surface area (TPSA) is 85.6 Å². The van der Waals surface area contributed by atoms with Crippen molar-refractivity contribution in [3.63, 3.8) is 0 Å². The van der Waals surface area contributed by atoms with Crippen molar-refractivity contribution in [1.82, 2.24) is 10.2 Å². The maximum absolute atomic E-state index is 12.3. The van der Waals surface area contributed by atoms with E-state index in [0.29, 0.717) is 6.54 Å². The number of hydrogen-bond acceptors (Lipinski definition) is 4. The number of benzene rings is 2. The van der Waals surface area contributed by atoms with Crippen molar-refractivity contribution in [2.45, 2.75) is 31.3 Å². The molecule has 1 heterocycles. The summed E-state index contributed by atoms with van der Waals surface area (Å²) in [6.07, 6.45) is 0.815. The molecule has 2 aromatic carbocycles. The lowest BCUT2D eigenvalue weighted by molar-refractivity contribution is 0.0169. The summed E-state index contributed by atoms with van der Waals surface area (Å²) in [6.45, 7) is 2.33. The normalized spacial score (nSPS) is 20.8. The summed E-state index contributed by atoms with van der Waals surface area (Å²) in [5, 5.41) is 22.2. The fourth-order valence-corrected chi connectivity index (χ4v) is 3.71. The van der Waals surface area contributed by atoms with Crippen LogP contribution in [-0.4, -0.2) is 48.4 Å². The van der Waals surface area contributed by atoms with Gasteiger partial charge in [-0.25, -0.2) is 4.79 Å². The van der Waals surface area contributed by atoms with Gasteiger partial charge in [0.25, 0.3) is 0 Å². The van der Waals surface area contributed by atoms with Gasteiger partial charge < -0.3 is 20.1 Å². The number of carbonyl (C=O) groups excluding carboxylic acids is 1. The van der Waals surface area contributed by atoms with Crippen molar-refractivity contribution in [3.8, 4) is 22.9 Å². The Hall–Kier alpha value is -3.04. The Morgan fingerprint density at radius 1 is 1.25 bits per heavy atom. The average Bonchev–Trinajstić information content (AvgIpc) is 2.72. The van der Waals surface area contributed by atoms with E-state index in [1.165, 1.54) is 4.90 Å². The Morgan fingerprint density at radius 3 is 2.61 bits per heavy atom. The molecular weight excluding hydrogens is 354 g/mol. The van der Waals surface area contributed by atoms with Gasteiger partial charge in [-0.1, -0.05) is 43.3 Å². The highest BCUT2D eigenvalue weighted by atomic mass is 16.5. The van der Waals surface area contributed by atoms with Crippen LogP contribution in [0.25, 0.3) is 11.1 Å². The molecular formula is C22H25N3O3. The molecule has 0 aromatic heterocycles. The third-order valence-corrected chi connectivity index (χ3v) is 5.19. The zero-order chi connectivity index (χ0) is 20.1. The number of nitrogens with one attached hydrogen (secondary N) is 1. The summed E-state index contributed by atoms with van der Waals surface area (Å²) in [7, 11) is 1.64. The second-order valence-corrected chi connectivity index (χ2v) is 6.84. The molecule has 1 aliphatic heterocycles. The Labute approximate surface area is 165 Å². The van der Waals surface area contributed by atoms with E-state index in [0.717, 1.165) is 28.9 Å². The van der Waals surface area contributed by atoms with Crippen LogP contribution in [0.2, 0.25) is 0 Å². The largest absolute Gasteiger partial charge is 0.497 e. The van der Waals surface area contributed by atoms with Gasteiger partial charge in [-0.15, -0.1) is 0 Å². The van der Waals surface area contributed by atoms with Crippen LogP contribution < -0.4 is 10.1 Å². The summed E-state index contributed by atoms with van der Waals surface area (Å²) < 4.78 is 5.28. The van der Waals surface area contributed by atoms with Gasteiger partial charge in [0, 0.05) is 12.5 Å². The van der Waals surface area contributed by atoms with Gasteiger partial charge in [-0.3, -0.25) is 0 Å². The molecule has 146 valence electrons. The SMILES string of the molecule is CCCNC(=O)N1[C@H](C#N)[C@H](c2ccc(-c3cccc(OC)c3)cc2)[C@@H]1CO. The first-order valence-corrected chi connectivity index (χ1v) is 9.45. The molecule has 0 spiro atoms. The number of carbonyl (C=O) groups is 1. The molecule has 6 nitrogen and oxygen atoms in total. The molecule has 0 saturated carbocycles. The van der Waals surface area contributed by atoms with Crippen LogP contribution in [0.3, 0.4) is 0 Å². The molecule has 2 amide bonds. The Balaban J connectivity index is 1.80. The van der Waals surface area contributed by atoms with E-state index in [1.54, 1.807) is 7.11 Å². The van der Waals surface area contributed by atoms with E-state index in [4.69, 9.17) is 4.74 Å². The first-order valence-electron chi connectivity index (χ1n) is 9.45. The van der Waals surface area contributed by atoms with Gasteiger partial charge in [0.1, 0.15) is 11.8 Å². The molecule has 0 aliphatic carbocycles. The zero-order valence-corrected chi connectivity index (χ0v) is 16.1. The number of nitriles is 1. The molecule has 0 radical (unpaired) electrons. The monoisotopic (exact) mass is 379 g/mol. The molecule has 3 rings (SSSR count).